The van der Waals surface area contributed by atoms with Crippen molar-refractivity contribution in [1.29, 1.82) is 0 Å². The van der Waals surface area contributed by atoms with E-state index in [1.54, 1.807) is 11.3 Å². The van der Waals surface area contributed by atoms with Crippen molar-refractivity contribution in [3.05, 3.63) is 21.4 Å². The van der Waals surface area contributed by atoms with Gasteiger partial charge in [0.1, 0.15) is 11.9 Å². The number of alkyl carbamates (subject to hydrolysis) is 1. The Kier molecular flexibility index (Phi) is 7.64. The zero-order chi connectivity index (χ0) is 25.1. The lowest BCUT2D eigenvalue weighted by Gasteiger charge is -2.56. The van der Waals surface area contributed by atoms with E-state index in [4.69, 9.17) is 10.5 Å². The summed E-state index contributed by atoms with van der Waals surface area (Å²) < 4.78 is 5.33. The maximum Gasteiger partial charge on any atom is 0.407 e. The van der Waals surface area contributed by atoms with Crippen LogP contribution in [0, 0.1) is 5.41 Å². The smallest absolute Gasteiger partial charge is 0.407 e. The van der Waals surface area contributed by atoms with Gasteiger partial charge < -0.3 is 26.0 Å². The fourth-order valence-corrected chi connectivity index (χ4v) is 6.43. The number of ether oxygens (including phenoxy) is 1. The summed E-state index contributed by atoms with van der Waals surface area (Å²) in [5.74, 6) is 0.468. The van der Waals surface area contributed by atoms with E-state index in [-0.39, 0.29) is 18.1 Å². The predicted octanol–water partition coefficient (Wildman–Crippen LogP) is 2.84. The molecule has 4 heterocycles. The van der Waals surface area contributed by atoms with E-state index in [0.29, 0.717) is 49.3 Å². The van der Waals surface area contributed by atoms with E-state index >= 15 is 0 Å². The van der Waals surface area contributed by atoms with Crippen LogP contribution in [0.15, 0.2) is 16.6 Å². The van der Waals surface area contributed by atoms with Gasteiger partial charge in [-0.15, -0.1) is 11.3 Å². The number of carbonyl (C=O) groups excluding carboxylic acids is 2. The molecule has 3 fully saturated rings. The minimum atomic E-state index is -0.359. The maximum absolute atomic E-state index is 13.5. The highest BCUT2D eigenvalue weighted by Gasteiger charge is 2.47. The van der Waals surface area contributed by atoms with Crippen LogP contribution < -0.4 is 16.4 Å². The number of rotatable bonds is 10. The van der Waals surface area contributed by atoms with Crippen LogP contribution in [0.2, 0.25) is 0 Å². The Morgan fingerprint density at radius 3 is 2.81 bits per heavy atom. The van der Waals surface area contributed by atoms with Gasteiger partial charge in [-0.2, -0.15) is 0 Å². The number of amides is 2. The second kappa shape index (κ2) is 10.9. The van der Waals surface area contributed by atoms with Crippen LogP contribution in [-0.4, -0.2) is 79.6 Å². The molecule has 5 rings (SSSR count). The number of nitrogens with one attached hydrogen (secondary N) is 2. The lowest BCUT2D eigenvalue weighted by molar-refractivity contribution is -0.127. The highest BCUT2D eigenvalue weighted by Crippen LogP contribution is 2.39. The molecule has 0 unspecified atom stereocenters. The zero-order valence-corrected chi connectivity index (χ0v) is 22.0. The van der Waals surface area contributed by atoms with Gasteiger partial charge in [-0.05, 0) is 44.2 Å². The summed E-state index contributed by atoms with van der Waals surface area (Å²) >= 11 is 1.71. The van der Waals surface area contributed by atoms with Crippen molar-refractivity contribution < 1.29 is 14.3 Å². The number of thiophene rings is 1. The molecule has 0 bridgehead atoms. The van der Waals surface area contributed by atoms with Crippen LogP contribution in [0.3, 0.4) is 0 Å². The number of carbonyl (C=O) groups is 2. The number of likely N-dealkylation sites (tertiary alicyclic amines) is 1. The standard InChI is InChI=1S/C26H38N6O3S/c1-2-8-32(9-4-7-29-25(34)35-19-5-3-6-19)24(33)18-10-22-21(30-23(27)11-18)12-20(36-22)13-31-16-26(17-31)14-28-15-26/h10,12,19,28H,2-9,11,13-17H2,1H3,(H2,27,30)(H,29,34). The van der Waals surface area contributed by atoms with Crippen LogP contribution >= 0.6 is 11.3 Å². The summed E-state index contributed by atoms with van der Waals surface area (Å²) in [6.45, 7) is 9.25. The third kappa shape index (κ3) is 5.76. The van der Waals surface area contributed by atoms with Crippen LogP contribution in [0.1, 0.15) is 55.2 Å². The maximum atomic E-state index is 13.5. The molecule has 10 heteroatoms. The molecule has 4 aliphatic rings. The molecule has 1 aromatic rings. The lowest BCUT2D eigenvalue weighted by Crippen LogP contribution is -2.70. The van der Waals surface area contributed by atoms with Gasteiger partial charge in [0.05, 0.1) is 10.6 Å². The second-order valence-electron chi connectivity index (χ2n) is 10.7. The molecule has 196 valence electrons. The Morgan fingerprint density at radius 2 is 2.14 bits per heavy atom. The van der Waals surface area contributed by atoms with Gasteiger partial charge in [0.2, 0.25) is 5.91 Å². The first-order valence-electron chi connectivity index (χ1n) is 13.3. The number of nitrogens with zero attached hydrogens (tertiary/aromatic N) is 3. The highest BCUT2D eigenvalue weighted by molar-refractivity contribution is 7.13. The second-order valence-corrected chi connectivity index (χ2v) is 11.9. The Bertz CT molecular complexity index is 1030. The summed E-state index contributed by atoms with van der Waals surface area (Å²) in [7, 11) is 0. The predicted molar refractivity (Wildman–Crippen MR) is 142 cm³/mol. The summed E-state index contributed by atoms with van der Waals surface area (Å²) in [5.41, 5.74) is 8.29. The van der Waals surface area contributed by atoms with Crippen LogP contribution in [0.4, 0.5) is 10.5 Å². The molecule has 0 radical (unpaired) electrons. The van der Waals surface area contributed by atoms with Gasteiger partial charge >= 0.3 is 6.09 Å². The van der Waals surface area contributed by atoms with Crippen LogP contribution in [0.5, 0.6) is 0 Å². The largest absolute Gasteiger partial charge is 0.446 e. The van der Waals surface area contributed by atoms with E-state index in [1.165, 1.54) is 4.88 Å². The summed E-state index contributed by atoms with van der Waals surface area (Å²) in [6.07, 6.45) is 6.62. The lowest BCUT2D eigenvalue weighted by atomic mass is 9.74. The van der Waals surface area contributed by atoms with Gasteiger partial charge in [-0.25, -0.2) is 9.79 Å². The first kappa shape index (κ1) is 25.2. The van der Waals surface area contributed by atoms with Crippen molar-refractivity contribution in [2.24, 2.45) is 16.1 Å². The molecule has 3 aliphatic heterocycles. The molecule has 9 nitrogen and oxygen atoms in total. The third-order valence-corrected chi connectivity index (χ3v) is 8.54. The molecule has 1 spiro atoms. The Hall–Kier alpha value is -2.43. The molecule has 0 atom stereocenters. The van der Waals surface area contributed by atoms with Crippen molar-refractivity contribution in [2.45, 2.75) is 58.1 Å². The minimum absolute atomic E-state index is 0.00277. The number of amidine groups is 1. The van der Waals surface area contributed by atoms with Gasteiger partial charge in [0, 0.05) is 74.6 Å². The van der Waals surface area contributed by atoms with E-state index in [1.807, 2.05) is 11.0 Å². The molecule has 4 N–H and O–H groups in total. The molecule has 2 saturated heterocycles. The van der Waals surface area contributed by atoms with Crippen molar-refractivity contribution >= 4 is 40.9 Å². The first-order chi connectivity index (χ1) is 17.4. The van der Waals surface area contributed by atoms with Crippen molar-refractivity contribution in [2.75, 3.05) is 45.8 Å². The number of hydrogen-bond donors (Lipinski definition) is 3. The fourth-order valence-electron chi connectivity index (χ4n) is 5.32. The van der Waals surface area contributed by atoms with Gasteiger partial charge in [-0.1, -0.05) is 6.92 Å². The van der Waals surface area contributed by atoms with Crippen molar-refractivity contribution in [3.8, 4) is 0 Å². The summed E-state index contributed by atoms with van der Waals surface area (Å²) in [4.78, 5) is 36.6. The number of hydrogen-bond acceptors (Lipinski definition) is 8. The monoisotopic (exact) mass is 514 g/mol. The zero-order valence-electron chi connectivity index (χ0n) is 21.2. The molecule has 1 saturated carbocycles. The summed E-state index contributed by atoms with van der Waals surface area (Å²) in [5, 5.41) is 6.19. The Balaban J connectivity index is 1.17. The fraction of sp³-hybridized carbons (Fsp3) is 0.654. The normalized spacial score (nSPS) is 20.7. The van der Waals surface area contributed by atoms with E-state index in [0.717, 1.165) is 69.0 Å². The highest BCUT2D eigenvalue weighted by atomic mass is 32.1. The SMILES string of the molecule is CCCN(CCCNC(=O)OC1CCC1)C(=O)C1=Cc2sc(CN3CC4(CNC4)C3)cc2N=C(N)C1. The Labute approximate surface area is 217 Å². The van der Waals surface area contributed by atoms with Crippen molar-refractivity contribution in [3.63, 3.8) is 0 Å². The molecular weight excluding hydrogens is 476 g/mol. The molecular formula is C26H38N6O3S. The molecule has 2 amide bonds. The Morgan fingerprint density at radius 1 is 1.33 bits per heavy atom. The average molecular weight is 515 g/mol. The quantitative estimate of drug-likeness (QED) is 0.414. The first-order valence-corrected chi connectivity index (χ1v) is 14.1. The van der Waals surface area contributed by atoms with Crippen molar-refractivity contribution in [1.82, 2.24) is 20.4 Å². The molecule has 0 aromatic carbocycles. The van der Waals surface area contributed by atoms with Crippen LogP contribution in [-0.2, 0) is 16.1 Å². The molecule has 36 heavy (non-hydrogen) atoms. The van der Waals surface area contributed by atoms with Gasteiger partial charge in [0.25, 0.3) is 0 Å². The number of nitrogens with two attached hydrogens (primary N) is 1. The molecule has 1 aromatic heterocycles. The topological polar surface area (TPSA) is 112 Å². The van der Waals surface area contributed by atoms with E-state index in [2.05, 4.69) is 33.5 Å². The third-order valence-electron chi connectivity index (χ3n) is 7.49. The van der Waals surface area contributed by atoms with Crippen LogP contribution in [0.25, 0.3) is 6.08 Å². The van der Waals surface area contributed by atoms with Gasteiger partial charge in [0.15, 0.2) is 0 Å². The number of aliphatic imine (C=N–C) groups is 1. The average Bonchev–Trinajstić information content (AvgIpc) is 3.05. The molecule has 1 aliphatic carbocycles. The summed E-state index contributed by atoms with van der Waals surface area (Å²) in [6, 6.07) is 2.12. The van der Waals surface area contributed by atoms with E-state index < -0.39 is 0 Å². The number of fused-ring (bicyclic) bond motifs is 1. The minimum Gasteiger partial charge on any atom is -0.446 e. The van der Waals surface area contributed by atoms with E-state index in [9.17, 15) is 9.59 Å². The van der Waals surface area contributed by atoms with Gasteiger partial charge in [-0.3, -0.25) is 9.69 Å².